The number of hydrogen-bond acceptors (Lipinski definition) is 2. The van der Waals surface area contributed by atoms with Crippen LogP contribution in [0, 0.1) is 0 Å². The quantitative estimate of drug-likeness (QED) is 0.745. The van der Waals surface area contributed by atoms with Gasteiger partial charge in [0.05, 0.1) is 4.08 Å². The van der Waals surface area contributed by atoms with E-state index in [0.29, 0.717) is 4.08 Å². The lowest BCUT2D eigenvalue weighted by molar-refractivity contribution is 0.776. The lowest BCUT2D eigenvalue weighted by atomic mass is 10.1. The van der Waals surface area contributed by atoms with Gasteiger partial charge in [0, 0.05) is 0 Å². The second kappa shape index (κ2) is 6.55. The first-order chi connectivity index (χ1) is 8.29. The molecule has 0 aromatic heterocycles. The zero-order valence-corrected chi connectivity index (χ0v) is 12.0. The molecule has 1 heterocycles. The first-order valence-corrected chi connectivity index (χ1v) is 8.25. The van der Waals surface area contributed by atoms with Crippen LogP contribution in [-0.2, 0) is 0 Å². The Hall–Kier alpha value is -0.340. The molecular formula is C15H20S2. The average Bonchev–Trinajstić information content (AvgIpc) is 2.37. The fourth-order valence-corrected chi connectivity index (χ4v) is 4.93. The molecule has 0 atom stereocenters. The highest BCUT2D eigenvalue weighted by atomic mass is 32.2. The van der Waals surface area contributed by atoms with E-state index in [1.807, 2.05) is 0 Å². The number of benzene rings is 1. The molecule has 0 spiro atoms. The monoisotopic (exact) mass is 264 g/mol. The molecule has 1 fully saturated rings. The summed E-state index contributed by atoms with van der Waals surface area (Å²) in [6, 6.07) is 10.6. The smallest absolute Gasteiger partial charge is 0.0586 e. The SMILES string of the molecule is CC1(CC/C=C/c2ccccc2)SCCCS1. The largest absolute Gasteiger partial charge is 0.144 e. The van der Waals surface area contributed by atoms with Crippen molar-refractivity contribution in [3.05, 3.63) is 42.0 Å². The Morgan fingerprint density at radius 2 is 1.88 bits per heavy atom. The van der Waals surface area contributed by atoms with Crippen LogP contribution < -0.4 is 0 Å². The average molecular weight is 264 g/mol. The molecule has 1 aromatic rings. The van der Waals surface area contributed by atoms with Gasteiger partial charge in [0.2, 0.25) is 0 Å². The molecule has 0 amide bonds. The maximum Gasteiger partial charge on any atom is 0.0586 e. The third kappa shape index (κ3) is 4.44. The van der Waals surface area contributed by atoms with Crippen LogP contribution in [-0.4, -0.2) is 15.6 Å². The number of thioether (sulfide) groups is 2. The summed E-state index contributed by atoms with van der Waals surface area (Å²) in [5.41, 5.74) is 1.31. The highest BCUT2D eigenvalue weighted by Crippen LogP contribution is 2.44. The minimum Gasteiger partial charge on any atom is -0.144 e. The molecule has 0 unspecified atom stereocenters. The van der Waals surface area contributed by atoms with Gasteiger partial charge in [-0.3, -0.25) is 0 Å². The molecule has 1 saturated heterocycles. The third-order valence-electron chi connectivity index (χ3n) is 2.98. The third-order valence-corrected chi connectivity index (χ3v) is 6.30. The summed E-state index contributed by atoms with van der Waals surface area (Å²) in [6.07, 6.45) is 8.40. The highest BCUT2D eigenvalue weighted by Gasteiger charge is 2.26. The van der Waals surface area contributed by atoms with Gasteiger partial charge in [-0.05, 0) is 43.3 Å². The van der Waals surface area contributed by atoms with E-state index in [-0.39, 0.29) is 0 Å². The van der Waals surface area contributed by atoms with Crippen LogP contribution in [0.2, 0.25) is 0 Å². The van der Waals surface area contributed by atoms with E-state index in [1.54, 1.807) is 0 Å². The molecular weight excluding hydrogens is 244 g/mol. The first-order valence-electron chi connectivity index (χ1n) is 6.28. The van der Waals surface area contributed by atoms with Gasteiger partial charge in [-0.15, -0.1) is 23.5 Å². The van der Waals surface area contributed by atoms with Crippen LogP contribution in [0.1, 0.15) is 31.7 Å². The molecule has 2 rings (SSSR count). The Kier molecular flexibility index (Phi) is 5.05. The van der Waals surface area contributed by atoms with Gasteiger partial charge in [0.25, 0.3) is 0 Å². The molecule has 0 N–H and O–H groups in total. The Bertz CT molecular complexity index is 350. The zero-order chi connectivity index (χ0) is 12.0. The van der Waals surface area contributed by atoms with Crippen LogP contribution in [0.3, 0.4) is 0 Å². The fraction of sp³-hybridized carbons (Fsp3) is 0.467. The van der Waals surface area contributed by atoms with Gasteiger partial charge in [0.1, 0.15) is 0 Å². The summed E-state index contributed by atoms with van der Waals surface area (Å²) in [6.45, 7) is 2.40. The molecule has 1 aliphatic rings. The van der Waals surface area contributed by atoms with Gasteiger partial charge < -0.3 is 0 Å². The van der Waals surface area contributed by atoms with E-state index in [9.17, 15) is 0 Å². The van der Waals surface area contributed by atoms with Gasteiger partial charge in [0.15, 0.2) is 0 Å². The van der Waals surface area contributed by atoms with Gasteiger partial charge in [-0.1, -0.05) is 42.5 Å². The Balaban J connectivity index is 1.77. The summed E-state index contributed by atoms with van der Waals surface area (Å²) in [4.78, 5) is 0. The fourth-order valence-electron chi connectivity index (χ4n) is 1.95. The topological polar surface area (TPSA) is 0 Å². The lowest BCUT2D eigenvalue weighted by Crippen LogP contribution is -2.20. The van der Waals surface area contributed by atoms with Crippen molar-refractivity contribution in [2.24, 2.45) is 0 Å². The van der Waals surface area contributed by atoms with Crippen LogP contribution in [0.25, 0.3) is 6.08 Å². The molecule has 0 saturated carbocycles. The summed E-state index contributed by atoms with van der Waals surface area (Å²) >= 11 is 4.28. The predicted molar refractivity (Wildman–Crippen MR) is 82.6 cm³/mol. The Morgan fingerprint density at radius 1 is 1.18 bits per heavy atom. The zero-order valence-electron chi connectivity index (χ0n) is 10.4. The van der Waals surface area contributed by atoms with Crippen molar-refractivity contribution >= 4 is 29.6 Å². The number of hydrogen-bond donors (Lipinski definition) is 0. The van der Waals surface area contributed by atoms with Crippen molar-refractivity contribution in [2.75, 3.05) is 11.5 Å². The van der Waals surface area contributed by atoms with Crippen molar-refractivity contribution in [3.8, 4) is 0 Å². The summed E-state index contributed by atoms with van der Waals surface area (Å²) in [7, 11) is 0. The molecule has 1 aliphatic heterocycles. The van der Waals surface area contributed by atoms with E-state index < -0.39 is 0 Å². The number of allylic oxidation sites excluding steroid dienone is 1. The van der Waals surface area contributed by atoms with Gasteiger partial charge >= 0.3 is 0 Å². The maximum atomic E-state index is 2.40. The summed E-state index contributed by atoms with van der Waals surface area (Å²) in [5, 5.41) is 0. The molecule has 92 valence electrons. The Labute approximate surface area is 113 Å². The van der Waals surface area contributed by atoms with E-state index >= 15 is 0 Å². The molecule has 0 bridgehead atoms. The number of rotatable bonds is 4. The molecule has 0 nitrogen and oxygen atoms in total. The van der Waals surface area contributed by atoms with Crippen LogP contribution >= 0.6 is 23.5 Å². The van der Waals surface area contributed by atoms with E-state index in [2.05, 4.69) is 72.9 Å². The van der Waals surface area contributed by atoms with Crippen molar-refractivity contribution in [2.45, 2.75) is 30.3 Å². The minimum atomic E-state index is 0.458. The van der Waals surface area contributed by atoms with Gasteiger partial charge in [-0.25, -0.2) is 0 Å². The lowest BCUT2D eigenvalue weighted by Gasteiger charge is -2.32. The van der Waals surface area contributed by atoms with E-state index in [0.717, 1.165) is 0 Å². The van der Waals surface area contributed by atoms with Crippen molar-refractivity contribution in [3.63, 3.8) is 0 Å². The Morgan fingerprint density at radius 3 is 2.59 bits per heavy atom. The van der Waals surface area contributed by atoms with Crippen LogP contribution in [0.4, 0.5) is 0 Å². The maximum absolute atomic E-state index is 2.40. The van der Waals surface area contributed by atoms with Crippen LogP contribution in [0.15, 0.2) is 36.4 Å². The summed E-state index contributed by atoms with van der Waals surface area (Å²) in [5.74, 6) is 2.68. The van der Waals surface area contributed by atoms with E-state index in [1.165, 1.54) is 36.3 Å². The molecule has 0 radical (unpaired) electrons. The molecule has 1 aromatic carbocycles. The molecule has 17 heavy (non-hydrogen) atoms. The normalized spacial score (nSPS) is 19.6. The van der Waals surface area contributed by atoms with Gasteiger partial charge in [-0.2, -0.15) is 0 Å². The standard InChI is InChI=1S/C15H20S2/c1-15(16-12-7-13-17-15)11-6-5-10-14-8-3-2-4-9-14/h2-5,8-10H,6-7,11-13H2,1H3/b10-5+. The minimum absolute atomic E-state index is 0.458. The molecule has 0 aliphatic carbocycles. The van der Waals surface area contributed by atoms with Crippen molar-refractivity contribution in [1.82, 2.24) is 0 Å². The van der Waals surface area contributed by atoms with Crippen molar-refractivity contribution < 1.29 is 0 Å². The molecule has 2 heteroatoms. The summed E-state index contributed by atoms with van der Waals surface area (Å²) < 4.78 is 0.458. The second-order valence-electron chi connectivity index (χ2n) is 4.54. The van der Waals surface area contributed by atoms with Crippen LogP contribution in [0.5, 0.6) is 0 Å². The first kappa shape index (κ1) is 13.1. The highest BCUT2D eigenvalue weighted by molar-refractivity contribution is 8.18. The van der Waals surface area contributed by atoms with E-state index in [4.69, 9.17) is 0 Å². The predicted octanol–water partition coefficient (Wildman–Crippen LogP) is 5.07. The second-order valence-corrected chi connectivity index (χ2v) is 7.99. The van der Waals surface area contributed by atoms with Crippen molar-refractivity contribution in [1.29, 1.82) is 0 Å².